The smallest absolute Gasteiger partial charge is 0.230 e. The Balaban J connectivity index is 1.16. The highest BCUT2D eigenvalue weighted by molar-refractivity contribution is 8.00. The van der Waals surface area contributed by atoms with E-state index in [1.165, 1.54) is 22.8 Å². The Morgan fingerprint density at radius 3 is 2.66 bits per heavy atom. The number of benzene rings is 3. The molecule has 1 heterocycles. The molecule has 0 aliphatic carbocycles. The van der Waals surface area contributed by atoms with E-state index >= 15 is 0 Å². The number of carbonyl (C=O) groups excluding carboxylic acids is 1. The monoisotopic (exact) mass is 404 g/mol. The molecule has 0 spiro atoms. The van der Waals surface area contributed by atoms with E-state index in [4.69, 9.17) is 0 Å². The van der Waals surface area contributed by atoms with Crippen molar-refractivity contribution < 1.29 is 4.79 Å². The fraction of sp³-hybridized carbons (Fsp3) is 0.320. The third-order valence-electron chi connectivity index (χ3n) is 5.61. The lowest BCUT2D eigenvalue weighted by Gasteiger charge is -2.16. The molecular weight excluding hydrogens is 376 g/mol. The normalized spacial score (nSPS) is 16.9. The van der Waals surface area contributed by atoms with Crippen LogP contribution in [0.1, 0.15) is 12.0 Å². The molecule has 0 unspecified atom stereocenters. The lowest BCUT2D eigenvalue weighted by atomic mass is 10.1. The molecule has 0 radical (unpaired) electrons. The van der Waals surface area contributed by atoms with Crippen molar-refractivity contribution in [2.75, 3.05) is 31.9 Å². The van der Waals surface area contributed by atoms with Gasteiger partial charge in [0.1, 0.15) is 0 Å². The van der Waals surface area contributed by atoms with Crippen LogP contribution in [0.5, 0.6) is 0 Å². The predicted molar refractivity (Wildman–Crippen MR) is 122 cm³/mol. The molecule has 1 amide bonds. The molecule has 29 heavy (non-hydrogen) atoms. The van der Waals surface area contributed by atoms with Gasteiger partial charge in [0.15, 0.2) is 0 Å². The summed E-state index contributed by atoms with van der Waals surface area (Å²) in [6, 6.07) is 25.4. The van der Waals surface area contributed by atoms with Crippen molar-refractivity contribution >= 4 is 28.4 Å². The molecule has 1 N–H and O–H groups in total. The van der Waals surface area contributed by atoms with Crippen LogP contribution in [-0.4, -0.2) is 42.7 Å². The predicted octanol–water partition coefficient (Wildman–Crippen LogP) is 4.61. The Morgan fingerprint density at radius 1 is 1.00 bits per heavy atom. The SMILES string of the molecule is O=C(CSc1ccc2ccccc2c1)NC[C@H]1CCN(CCc2ccccc2)C1. The van der Waals surface area contributed by atoms with E-state index in [2.05, 4.69) is 76.9 Å². The average molecular weight is 405 g/mol. The van der Waals surface area contributed by atoms with E-state index < -0.39 is 0 Å². The Kier molecular flexibility index (Phi) is 6.86. The van der Waals surface area contributed by atoms with Crippen molar-refractivity contribution in [3.63, 3.8) is 0 Å². The van der Waals surface area contributed by atoms with Gasteiger partial charge in [-0.1, -0.05) is 60.7 Å². The molecular formula is C25H28N2OS. The molecule has 3 nitrogen and oxygen atoms in total. The highest BCUT2D eigenvalue weighted by Crippen LogP contribution is 2.23. The van der Waals surface area contributed by atoms with Crippen molar-refractivity contribution in [3.05, 3.63) is 78.4 Å². The van der Waals surface area contributed by atoms with E-state index in [9.17, 15) is 4.79 Å². The highest BCUT2D eigenvalue weighted by Gasteiger charge is 2.22. The number of hydrogen-bond donors (Lipinski definition) is 1. The Labute approximate surface area is 177 Å². The Morgan fingerprint density at radius 2 is 1.79 bits per heavy atom. The van der Waals surface area contributed by atoms with Crippen LogP contribution in [0.3, 0.4) is 0 Å². The molecule has 0 saturated carbocycles. The molecule has 0 aromatic heterocycles. The number of fused-ring (bicyclic) bond motifs is 1. The molecule has 0 bridgehead atoms. The molecule has 1 fully saturated rings. The first kappa shape index (κ1) is 20.0. The summed E-state index contributed by atoms with van der Waals surface area (Å²) < 4.78 is 0. The summed E-state index contributed by atoms with van der Waals surface area (Å²) in [4.78, 5) is 16.0. The first-order valence-electron chi connectivity index (χ1n) is 10.4. The summed E-state index contributed by atoms with van der Waals surface area (Å²) in [5.74, 6) is 1.18. The second kappa shape index (κ2) is 9.95. The highest BCUT2D eigenvalue weighted by atomic mass is 32.2. The lowest BCUT2D eigenvalue weighted by molar-refractivity contribution is -0.118. The molecule has 4 heteroatoms. The fourth-order valence-corrected chi connectivity index (χ4v) is 4.70. The largest absolute Gasteiger partial charge is 0.355 e. The summed E-state index contributed by atoms with van der Waals surface area (Å²) in [7, 11) is 0. The van der Waals surface area contributed by atoms with Crippen molar-refractivity contribution in [2.24, 2.45) is 5.92 Å². The van der Waals surface area contributed by atoms with Crippen LogP contribution in [0.2, 0.25) is 0 Å². The van der Waals surface area contributed by atoms with Gasteiger partial charge in [-0.15, -0.1) is 11.8 Å². The maximum absolute atomic E-state index is 12.3. The molecule has 4 rings (SSSR count). The maximum Gasteiger partial charge on any atom is 0.230 e. The lowest BCUT2D eigenvalue weighted by Crippen LogP contribution is -2.32. The number of amides is 1. The zero-order valence-electron chi connectivity index (χ0n) is 16.7. The standard InChI is InChI=1S/C25H28N2OS/c28-25(19-29-24-11-10-22-8-4-5-9-23(22)16-24)26-17-21-13-15-27(18-21)14-12-20-6-2-1-3-7-20/h1-11,16,21H,12-15,17-19H2,(H,26,28)/t21-/m1/s1. The summed E-state index contributed by atoms with van der Waals surface area (Å²) in [5, 5.41) is 5.60. The fourth-order valence-electron chi connectivity index (χ4n) is 3.93. The van der Waals surface area contributed by atoms with Gasteiger partial charge in [0.05, 0.1) is 5.75 Å². The van der Waals surface area contributed by atoms with Crippen LogP contribution in [-0.2, 0) is 11.2 Å². The van der Waals surface area contributed by atoms with Crippen molar-refractivity contribution in [1.29, 1.82) is 0 Å². The van der Waals surface area contributed by atoms with Crippen molar-refractivity contribution in [1.82, 2.24) is 10.2 Å². The minimum atomic E-state index is 0.130. The molecule has 1 aliphatic rings. The second-order valence-electron chi connectivity index (χ2n) is 7.79. The number of nitrogens with one attached hydrogen (secondary N) is 1. The number of thioether (sulfide) groups is 1. The molecule has 1 aliphatic heterocycles. The maximum atomic E-state index is 12.3. The molecule has 1 atom stereocenters. The van der Waals surface area contributed by atoms with Gasteiger partial charge in [-0.25, -0.2) is 0 Å². The molecule has 1 saturated heterocycles. The van der Waals surface area contributed by atoms with E-state index in [1.807, 2.05) is 6.07 Å². The van der Waals surface area contributed by atoms with Crippen molar-refractivity contribution in [2.45, 2.75) is 17.7 Å². The first-order valence-corrected chi connectivity index (χ1v) is 11.4. The van der Waals surface area contributed by atoms with Gasteiger partial charge in [0, 0.05) is 24.5 Å². The van der Waals surface area contributed by atoms with Gasteiger partial charge in [-0.05, 0) is 53.8 Å². The Hall–Kier alpha value is -2.30. The zero-order valence-corrected chi connectivity index (χ0v) is 17.5. The van der Waals surface area contributed by atoms with Crippen LogP contribution in [0.15, 0.2) is 77.7 Å². The van der Waals surface area contributed by atoms with Gasteiger partial charge >= 0.3 is 0 Å². The van der Waals surface area contributed by atoms with Crippen molar-refractivity contribution in [3.8, 4) is 0 Å². The van der Waals surface area contributed by atoms with Gasteiger partial charge in [-0.3, -0.25) is 4.79 Å². The van der Waals surface area contributed by atoms with Crippen LogP contribution in [0, 0.1) is 5.92 Å². The molecule has 3 aromatic rings. The first-order chi connectivity index (χ1) is 14.3. The van der Waals surface area contributed by atoms with Crippen LogP contribution >= 0.6 is 11.8 Å². The summed E-state index contributed by atoms with van der Waals surface area (Å²) in [5.41, 5.74) is 1.40. The number of rotatable bonds is 8. The minimum Gasteiger partial charge on any atom is -0.355 e. The quantitative estimate of drug-likeness (QED) is 0.556. The topological polar surface area (TPSA) is 32.3 Å². The molecule has 150 valence electrons. The third kappa shape index (κ3) is 5.84. The number of likely N-dealkylation sites (tertiary alicyclic amines) is 1. The second-order valence-corrected chi connectivity index (χ2v) is 8.84. The summed E-state index contributed by atoms with van der Waals surface area (Å²) in [6.45, 7) is 4.12. The van der Waals surface area contributed by atoms with E-state index in [0.29, 0.717) is 11.7 Å². The zero-order chi connectivity index (χ0) is 19.9. The van der Waals surface area contributed by atoms with Gasteiger partial charge in [-0.2, -0.15) is 0 Å². The van der Waals surface area contributed by atoms with Crippen LogP contribution in [0.25, 0.3) is 10.8 Å². The van der Waals surface area contributed by atoms with Gasteiger partial charge in [0.25, 0.3) is 0 Å². The van der Waals surface area contributed by atoms with Gasteiger partial charge < -0.3 is 10.2 Å². The average Bonchev–Trinajstić information content (AvgIpc) is 3.23. The van der Waals surface area contributed by atoms with E-state index in [0.717, 1.165) is 37.5 Å². The molecule has 3 aromatic carbocycles. The summed E-state index contributed by atoms with van der Waals surface area (Å²) >= 11 is 1.61. The third-order valence-corrected chi connectivity index (χ3v) is 6.60. The van der Waals surface area contributed by atoms with E-state index in [-0.39, 0.29) is 5.91 Å². The number of carbonyl (C=O) groups is 1. The number of hydrogen-bond acceptors (Lipinski definition) is 3. The number of nitrogens with zero attached hydrogens (tertiary/aromatic N) is 1. The minimum absolute atomic E-state index is 0.130. The summed E-state index contributed by atoms with van der Waals surface area (Å²) in [6.07, 6.45) is 2.27. The van der Waals surface area contributed by atoms with E-state index in [1.54, 1.807) is 11.8 Å². The van der Waals surface area contributed by atoms with Gasteiger partial charge in [0.2, 0.25) is 5.91 Å². The van der Waals surface area contributed by atoms with Crippen LogP contribution < -0.4 is 5.32 Å². The Bertz CT molecular complexity index is 944. The van der Waals surface area contributed by atoms with Crippen LogP contribution in [0.4, 0.5) is 0 Å².